The molecule has 0 radical (unpaired) electrons. The predicted molar refractivity (Wildman–Crippen MR) is 265 cm³/mol. The third kappa shape index (κ3) is 6.33. The van der Waals surface area contributed by atoms with Gasteiger partial charge in [0.15, 0.2) is 5.69 Å². The first-order chi connectivity index (χ1) is 32.2. The Morgan fingerprint density at radius 2 is 0.846 bits per heavy atom. The molecular formula is C61H39N3O. The maximum absolute atomic E-state index is 7.85. The number of rotatable bonds is 7. The summed E-state index contributed by atoms with van der Waals surface area (Å²) in [5.74, 6) is 1.62. The maximum Gasteiger partial charge on any atom is 0.188 e. The summed E-state index contributed by atoms with van der Waals surface area (Å²) in [4.78, 5) is 9.02. The molecule has 1 aliphatic heterocycles. The Kier molecular flexibility index (Phi) is 9.07. The van der Waals surface area contributed by atoms with Gasteiger partial charge in [0.05, 0.1) is 34.4 Å². The smallest absolute Gasteiger partial charge is 0.188 e. The minimum absolute atomic E-state index is 0.619. The molecule has 9 aromatic carbocycles. The van der Waals surface area contributed by atoms with E-state index >= 15 is 0 Å². The lowest BCUT2D eigenvalue weighted by atomic mass is 9.63. The average Bonchev–Trinajstić information content (AvgIpc) is 3.71. The van der Waals surface area contributed by atoms with Gasteiger partial charge in [0.1, 0.15) is 11.5 Å². The van der Waals surface area contributed by atoms with Crippen LogP contribution in [0.1, 0.15) is 22.3 Å². The molecule has 2 aromatic heterocycles. The van der Waals surface area contributed by atoms with Gasteiger partial charge in [0.2, 0.25) is 0 Å². The molecule has 0 fully saturated rings. The van der Waals surface area contributed by atoms with E-state index in [1.165, 1.54) is 0 Å². The van der Waals surface area contributed by atoms with Crippen LogP contribution in [0, 0.1) is 6.57 Å². The first-order valence-electron chi connectivity index (χ1n) is 21.9. The van der Waals surface area contributed by atoms with Gasteiger partial charge >= 0.3 is 0 Å². The number of hydrogen-bond acceptors (Lipinski definition) is 2. The molecule has 11 aromatic rings. The van der Waals surface area contributed by atoms with Crippen molar-refractivity contribution in [2.75, 3.05) is 0 Å². The maximum atomic E-state index is 7.85. The van der Waals surface area contributed by atoms with E-state index in [1.807, 2.05) is 30.3 Å². The van der Waals surface area contributed by atoms with E-state index in [2.05, 4.69) is 216 Å². The molecule has 0 saturated carbocycles. The summed E-state index contributed by atoms with van der Waals surface area (Å²) in [6.07, 6.45) is 0. The molecule has 304 valence electrons. The van der Waals surface area contributed by atoms with Gasteiger partial charge in [-0.1, -0.05) is 164 Å². The Balaban J connectivity index is 1.09. The van der Waals surface area contributed by atoms with Crippen LogP contribution in [-0.2, 0) is 5.41 Å². The number of benzene rings is 9. The van der Waals surface area contributed by atoms with Gasteiger partial charge < -0.3 is 9.30 Å². The van der Waals surface area contributed by atoms with Crippen LogP contribution in [0.2, 0.25) is 0 Å². The number of fused-ring (bicyclic) bond motifs is 5. The molecule has 0 aliphatic carbocycles. The normalized spacial score (nSPS) is 12.5. The monoisotopic (exact) mass is 829 g/mol. The first-order valence-corrected chi connectivity index (χ1v) is 21.9. The van der Waals surface area contributed by atoms with Crippen LogP contribution in [0.15, 0.2) is 237 Å². The minimum Gasteiger partial charge on any atom is -0.457 e. The second kappa shape index (κ2) is 15.5. The van der Waals surface area contributed by atoms with E-state index in [4.69, 9.17) is 16.3 Å². The highest BCUT2D eigenvalue weighted by Gasteiger charge is 2.45. The third-order valence-corrected chi connectivity index (χ3v) is 12.9. The highest BCUT2D eigenvalue weighted by atomic mass is 16.5. The van der Waals surface area contributed by atoms with Crippen molar-refractivity contribution in [1.29, 1.82) is 0 Å². The predicted octanol–water partition coefficient (Wildman–Crippen LogP) is 15.9. The Hall–Kier alpha value is -8.78. The van der Waals surface area contributed by atoms with Crippen molar-refractivity contribution < 1.29 is 4.74 Å². The molecule has 0 saturated heterocycles. The lowest BCUT2D eigenvalue weighted by Crippen LogP contribution is -2.34. The average molecular weight is 830 g/mol. The van der Waals surface area contributed by atoms with E-state index in [0.717, 1.165) is 106 Å². The molecule has 0 N–H and O–H groups in total. The van der Waals surface area contributed by atoms with E-state index in [0.29, 0.717) is 5.69 Å². The van der Waals surface area contributed by atoms with Gasteiger partial charge in [0, 0.05) is 33.3 Å². The fourth-order valence-corrected chi connectivity index (χ4v) is 9.94. The Bertz CT molecular complexity index is 3520. The second-order valence-corrected chi connectivity index (χ2v) is 16.6. The Morgan fingerprint density at radius 1 is 0.400 bits per heavy atom. The van der Waals surface area contributed by atoms with Crippen LogP contribution >= 0.6 is 0 Å². The van der Waals surface area contributed by atoms with E-state index in [1.54, 1.807) is 0 Å². The fourth-order valence-electron chi connectivity index (χ4n) is 9.94. The fraction of sp³-hybridized carbons (Fsp3) is 0.0164. The van der Waals surface area contributed by atoms with Gasteiger partial charge in [-0.3, -0.25) is 0 Å². The zero-order valence-corrected chi connectivity index (χ0v) is 35.3. The van der Waals surface area contributed by atoms with Crippen LogP contribution in [0.3, 0.4) is 0 Å². The number of nitrogens with zero attached hydrogens (tertiary/aromatic N) is 3. The third-order valence-electron chi connectivity index (χ3n) is 12.9. The Morgan fingerprint density at radius 3 is 1.38 bits per heavy atom. The Labute approximate surface area is 377 Å². The molecular weight excluding hydrogens is 791 g/mol. The van der Waals surface area contributed by atoms with E-state index < -0.39 is 5.41 Å². The molecule has 0 amide bonds. The van der Waals surface area contributed by atoms with Crippen molar-refractivity contribution in [3.63, 3.8) is 0 Å². The summed E-state index contributed by atoms with van der Waals surface area (Å²) in [6.45, 7) is 7.85. The highest BCUT2D eigenvalue weighted by Crippen LogP contribution is 2.57. The summed E-state index contributed by atoms with van der Waals surface area (Å²) in [5.41, 5.74) is 15.7. The summed E-state index contributed by atoms with van der Waals surface area (Å²) in [5, 5.41) is 2.14. The van der Waals surface area contributed by atoms with Crippen molar-refractivity contribution in [1.82, 2.24) is 9.55 Å². The molecule has 0 atom stereocenters. The number of aromatic nitrogens is 2. The molecule has 0 unspecified atom stereocenters. The summed E-state index contributed by atoms with van der Waals surface area (Å²) < 4.78 is 9.30. The standard InChI is InChI=1S/C61H39N3O/c1-62-49-30-32-58-52(40-49)51-35-43(27-31-57(51)64(58)50-25-15-6-16-26-50)44-28-33-59-53(36-44)61(47-21-11-4-12-22-47,48-23-13-5-14-24-48)54-37-45(29-34-60(54)65-59)46-38-55(41-17-7-2-8-18-41)63-56(39-46)42-19-9-3-10-20-42/h2-40H. The van der Waals surface area contributed by atoms with Crippen molar-refractivity contribution >= 4 is 27.5 Å². The molecule has 12 rings (SSSR count). The molecule has 4 nitrogen and oxygen atoms in total. The van der Waals surface area contributed by atoms with Crippen LogP contribution in [0.25, 0.3) is 77.1 Å². The van der Waals surface area contributed by atoms with Crippen molar-refractivity contribution in [2.45, 2.75) is 5.41 Å². The van der Waals surface area contributed by atoms with Crippen LogP contribution < -0.4 is 4.74 Å². The van der Waals surface area contributed by atoms with Crippen molar-refractivity contribution in [3.8, 4) is 62.0 Å². The lowest BCUT2D eigenvalue weighted by molar-refractivity contribution is 0.435. The van der Waals surface area contributed by atoms with Crippen LogP contribution in [0.5, 0.6) is 11.5 Å². The zero-order valence-electron chi connectivity index (χ0n) is 35.3. The summed E-state index contributed by atoms with van der Waals surface area (Å²) in [6, 6.07) is 83.4. The number of pyridine rings is 1. The van der Waals surface area contributed by atoms with Gasteiger partial charge in [-0.2, -0.15) is 0 Å². The van der Waals surface area contributed by atoms with Gasteiger partial charge in [0.25, 0.3) is 0 Å². The highest BCUT2D eigenvalue weighted by molar-refractivity contribution is 6.11. The van der Waals surface area contributed by atoms with Crippen molar-refractivity contribution in [3.05, 3.63) is 270 Å². The van der Waals surface area contributed by atoms with Gasteiger partial charge in [-0.15, -0.1) is 0 Å². The van der Waals surface area contributed by atoms with Gasteiger partial charge in [-0.05, 0) is 112 Å². The molecule has 4 heteroatoms. The van der Waals surface area contributed by atoms with E-state index in [9.17, 15) is 0 Å². The summed E-state index contributed by atoms with van der Waals surface area (Å²) >= 11 is 0. The molecule has 1 aliphatic rings. The minimum atomic E-state index is -0.757. The SMILES string of the molecule is [C-]#[N+]c1ccc2c(c1)c1cc(-c3ccc4c(c3)C(c3ccccc3)(c3ccccc3)c3cc(-c5cc(-c6ccccc6)nc(-c6ccccc6)c5)ccc3O4)ccc1n2-c1ccccc1. The topological polar surface area (TPSA) is 31.4 Å². The number of hydrogen-bond donors (Lipinski definition) is 0. The second-order valence-electron chi connectivity index (χ2n) is 16.6. The van der Waals surface area contributed by atoms with Gasteiger partial charge in [-0.25, -0.2) is 9.83 Å². The molecule has 3 heterocycles. The summed E-state index contributed by atoms with van der Waals surface area (Å²) in [7, 11) is 0. The quantitative estimate of drug-likeness (QED) is 0.150. The van der Waals surface area contributed by atoms with E-state index in [-0.39, 0.29) is 0 Å². The van der Waals surface area contributed by atoms with Crippen molar-refractivity contribution in [2.24, 2.45) is 0 Å². The van der Waals surface area contributed by atoms with Crippen LogP contribution in [0.4, 0.5) is 5.69 Å². The lowest BCUT2D eigenvalue weighted by Gasteiger charge is -2.42. The molecule has 0 spiro atoms. The molecule has 0 bridgehead atoms. The zero-order chi connectivity index (χ0) is 43.3. The molecule has 65 heavy (non-hydrogen) atoms. The largest absolute Gasteiger partial charge is 0.457 e. The number of para-hydroxylation sites is 1. The number of ether oxygens (including phenoxy) is 1. The van der Waals surface area contributed by atoms with Crippen LogP contribution in [-0.4, -0.2) is 9.55 Å². The first kappa shape index (κ1) is 37.9.